The number of hydrogen-bond donors (Lipinski definition) is 0. The average molecular weight is 166 g/mol. The Labute approximate surface area is 77.4 Å². The van der Waals surface area contributed by atoms with Crippen LogP contribution in [0.4, 0.5) is 0 Å². The molecule has 0 N–H and O–H groups in total. The lowest BCUT2D eigenvalue weighted by Crippen LogP contribution is -1.75. The van der Waals surface area contributed by atoms with Gasteiger partial charge in [0.15, 0.2) is 0 Å². The van der Waals surface area contributed by atoms with Crippen molar-refractivity contribution in [2.24, 2.45) is 0 Å². The Balaban J connectivity index is 3.05. The molecule has 0 aliphatic rings. The third-order valence-corrected chi connectivity index (χ3v) is 1.88. The highest BCUT2D eigenvalue weighted by Crippen LogP contribution is 2.05. The fraction of sp³-hybridized carbons (Fsp3) is 0.667. The summed E-state index contributed by atoms with van der Waals surface area (Å²) in [6.45, 7) is 8.10. The van der Waals surface area contributed by atoms with E-state index in [0.717, 1.165) is 5.57 Å². The summed E-state index contributed by atoms with van der Waals surface area (Å²) in [4.78, 5) is 0. The molecule has 0 nitrogen and oxygen atoms in total. The smallest absolute Gasteiger partial charge is 0.0348 e. The molecular formula is C12H22. The van der Waals surface area contributed by atoms with Crippen molar-refractivity contribution < 1.29 is 0 Å². The van der Waals surface area contributed by atoms with Gasteiger partial charge in [0.25, 0.3) is 0 Å². The van der Waals surface area contributed by atoms with Crippen LogP contribution in [-0.2, 0) is 0 Å². The normalized spacial score (nSPS) is 10.8. The van der Waals surface area contributed by atoms with Gasteiger partial charge < -0.3 is 0 Å². The summed E-state index contributed by atoms with van der Waals surface area (Å²) in [5.41, 5.74) is 1.16. The molecule has 0 saturated carbocycles. The van der Waals surface area contributed by atoms with E-state index >= 15 is 0 Å². The minimum atomic E-state index is 1.16. The lowest BCUT2D eigenvalue weighted by atomic mass is 10.1. The van der Waals surface area contributed by atoms with Gasteiger partial charge in [-0.15, -0.1) is 0 Å². The zero-order valence-electron chi connectivity index (χ0n) is 8.60. The highest BCUT2D eigenvalue weighted by Gasteiger charge is 1.85. The topological polar surface area (TPSA) is 0 Å². The predicted octanol–water partition coefficient (Wildman–Crippen LogP) is 4.48. The molecule has 0 fully saturated rings. The van der Waals surface area contributed by atoms with Crippen LogP contribution in [0.2, 0.25) is 0 Å². The third kappa shape index (κ3) is 9.48. The molecule has 0 rings (SSSR count). The Morgan fingerprint density at radius 2 is 1.83 bits per heavy atom. The van der Waals surface area contributed by atoms with Gasteiger partial charge in [0.2, 0.25) is 0 Å². The molecule has 0 radical (unpaired) electrons. The fourth-order valence-electron chi connectivity index (χ4n) is 1.15. The van der Waals surface area contributed by atoms with Gasteiger partial charge in [-0.3, -0.25) is 0 Å². The van der Waals surface area contributed by atoms with Gasteiger partial charge in [-0.1, -0.05) is 56.9 Å². The van der Waals surface area contributed by atoms with Gasteiger partial charge in [-0.05, 0) is 19.8 Å². The van der Waals surface area contributed by atoms with E-state index < -0.39 is 0 Å². The van der Waals surface area contributed by atoms with Gasteiger partial charge >= 0.3 is 0 Å². The van der Waals surface area contributed by atoms with E-state index in [1.807, 2.05) is 6.92 Å². The number of unbranched alkanes of at least 4 members (excludes halogenated alkanes) is 5. The van der Waals surface area contributed by atoms with Crippen LogP contribution in [0.5, 0.6) is 0 Å². The number of rotatable bonds is 7. The first-order valence-electron chi connectivity index (χ1n) is 5.09. The standard InChI is InChI=1S/C12H22/c1-4-5-6-7-8-9-10-11-12(2)3/h10-11H,2,4-9H2,1,3H3. The van der Waals surface area contributed by atoms with Crippen molar-refractivity contribution in [1.82, 2.24) is 0 Å². The number of hydrogen-bond acceptors (Lipinski definition) is 0. The molecule has 0 heterocycles. The van der Waals surface area contributed by atoms with Crippen molar-refractivity contribution in [2.45, 2.75) is 52.4 Å². The predicted molar refractivity (Wildman–Crippen MR) is 57.3 cm³/mol. The molecule has 0 aromatic carbocycles. The molecule has 0 saturated heterocycles. The van der Waals surface area contributed by atoms with Crippen LogP contribution in [0.1, 0.15) is 52.4 Å². The maximum absolute atomic E-state index is 3.82. The van der Waals surface area contributed by atoms with Crippen molar-refractivity contribution >= 4 is 0 Å². The van der Waals surface area contributed by atoms with Crippen LogP contribution in [0.25, 0.3) is 0 Å². The average Bonchev–Trinajstić information content (AvgIpc) is 2.02. The van der Waals surface area contributed by atoms with E-state index in [9.17, 15) is 0 Å². The van der Waals surface area contributed by atoms with Crippen LogP contribution < -0.4 is 0 Å². The van der Waals surface area contributed by atoms with Gasteiger partial charge in [-0.2, -0.15) is 0 Å². The molecule has 12 heavy (non-hydrogen) atoms. The summed E-state index contributed by atoms with van der Waals surface area (Å²) in [5.74, 6) is 0. The van der Waals surface area contributed by atoms with Crippen molar-refractivity contribution in [3.63, 3.8) is 0 Å². The summed E-state index contributed by atoms with van der Waals surface area (Å²) < 4.78 is 0. The molecule has 70 valence electrons. The van der Waals surface area contributed by atoms with E-state index in [2.05, 4.69) is 25.7 Å². The second-order valence-electron chi connectivity index (χ2n) is 3.45. The first-order chi connectivity index (χ1) is 5.77. The Morgan fingerprint density at radius 3 is 2.42 bits per heavy atom. The van der Waals surface area contributed by atoms with E-state index in [0.29, 0.717) is 0 Å². The molecule has 0 heteroatoms. The highest BCUT2D eigenvalue weighted by molar-refractivity contribution is 5.10. The molecule has 0 bridgehead atoms. The van der Waals surface area contributed by atoms with Crippen molar-refractivity contribution in [1.29, 1.82) is 0 Å². The minimum Gasteiger partial charge on any atom is -0.0961 e. The molecule has 0 amide bonds. The summed E-state index contributed by atoms with van der Waals surface area (Å²) in [5, 5.41) is 0. The van der Waals surface area contributed by atoms with E-state index in [-0.39, 0.29) is 0 Å². The lowest BCUT2D eigenvalue weighted by Gasteiger charge is -1.95. The fourth-order valence-corrected chi connectivity index (χ4v) is 1.15. The quantitative estimate of drug-likeness (QED) is 0.386. The molecule has 0 aliphatic carbocycles. The molecular weight excluding hydrogens is 144 g/mol. The van der Waals surface area contributed by atoms with Crippen LogP contribution in [0.15, 0.2) is 24.3 Å². The highest BCUT2D eigenvalue weighted by atomic mass is 13.9. The first-order valence-corrected chi connectivity index (χ1v) is 5.09. The lowest BCUT2D eigenvalue weighted by molar-refractivity contribution is 0.637. The largest absolute Gasteiger partial charge is 0.0961 e. The molecule has 0 aromatic heterocycles. The third-order valence-electron chi connectivity index (χ3n) is 1.88. The monoisotopic (exact) mass is 166 g/mol. The second kappa shape index (κ2) is 8.58. The van der Waals surface area contributed by atoms with Gasteiger partial charge in [0.1, 0.15) is 0 Å². The van der Waals surface area contributed by atoms with Crippen molar-refractivity contribution in [2.75, 3.05) is 0 Å². The Kier molecular flexibility index (Phi) is 8.20. The second-order valence-corrected chi connectivity index (χ2v) is 3.45. The summed E-state index contributed by atoms with van der Waals surface area (Å²) >= 11 is 0. The van der Waals surface area contributed by atoms with Crippen molar-refractivity contribution in [3.05, 3.63) is 24.3 Å². The van der Waals surface area contributed by atoms with E-state index in [1.54, 1.807) is 0 Å². The Morgan fingerprint density at radius 1 is 1.17 bits per heavy atom. The van der Waals surface area contributed by atoms with Gasteiger partial charge in [0.05, 0.1) is 0 Å². The van der Waals surface area contributed by atoms with Crippen LogP contribution in [0.3, 0.4) is 0 Å². The summed E-state index contributed by atoms with van der Waals surface area (Å²) in [6.07, 6.45) is 12.4. The number of allylic oxidation sites excluding steroid dienone is 3. The SMILES string of the molecule is C=C(C)C=CCCCCCCC. The zero-order chi connectivity index (χ0) is 9.23. The van der Waals surface area contributed by atoms with E-state index in [4.69, 9.17) is 0 Å². The maximum Gasteiger partial charge on any atom is -0.0348 e. The maximum atomic E-state index is 3.82. The molecule has 0 atom stereocenters. The zero-order valence-corrected chi connectivity index (χ0v) is 8.60. The van der Waals surface area contributed by atoms with Gasteiger partial charge in [0, 0.05) is 0 Å². The summed E-state index contributed by atoms with van der Waals surface area (Å²) in [6, 6.07) is 0. The molecule has 0 aliphatic heterocycles. The van der Waals surface area contributed by atoms with E-state index in [1.165, 1.54) is 38.5 Å². The minimum absolute atomic E-state index is 1.16. The molecule has 0 aromatic rings. The Bertz CT molecular complexity index is 131. The van der Waals surface area contributed by atoms with Gasteiger partial charge in [-0.25, -0.2) is 0 Å². The first kappa shape index (κ1) is 11.5. The summed E-state index contributed by atoms with van der Waals surface area (Å²) in [7, 11) is 0. The van der Waals surface area contributed by atoms with Crippen LogP contribution in [-0.4, -0.2) is 0 Å². The van der Waals surface area contributed by atoms with Crippen molar-refractivity contribution in [3.8, 4) is 0 Å². The Hall–Kier alpha value is -0.520. The molecule has 0 unspecified atom stereocenters. The van der Waals surface area contributed by atoms with Crippen LogP contribution >= 0.6 is 0 Å². The molecule has 0 spiro atoms. The van der Waals surface area contributed by atoms with Crippen LogP contribution in [0, 0.1) is 0 Å².